The first-order chi connectivity index (χ1) is 9.74. The van der Waals surface area contributed by atoms with Crippen LogP contribution in [0.2, 0.25) is 0 Å². The number of halogens is 3. The summed E-state index contributed by atoms with van der Waals surface area (Å²) in [6.07, 6.45) is -4.52. The highest BCUT2D eigenvalue weighted by molar-refractivity contribution is 5.79. The maximum Gasteiger partial charge on any atom is 0.418 e. The average molecular weight is 297 g/mol. The normalized spacial score (nSPS) is 22.1. The topological polar surface area (TPSA) is 70.1 Å². The molecule has 1 saturated heterocycles. The number of nitrogens with zero attached hydrogens (tertiary/aromatic N) is 2. The Bertz CT molecular complexity index is 606. The van der Waals surface area contributed by atoms with E-state index in [1.165, 1.54) is 11.0 Å². The predicted molar refractivity (Wildman–Crippen MR) is 70.2 cm³/mol. The molecule has 0 unspecified atom stereocenters. The van der Waals surface area contributed by atoms with Crippen LogP contribution in [0, 0.1) is 23.2 Å². The van der Waals surface area contributed by atoms with Gasteiger partial charge in [0, 0.05) is 13.1 Å². The monoisotopic (exact) mass is 297 g/mol. The maximum absolute atomic E-state index is 13.1. The Morgan fingerprint density at radius 1 is 1.43 bits per heavy atom. The smallest absolute Gasteiger partial charge is 0.370 e. The summed E-state index contributed by atoms with van der Waals surface area (Å²) in [6, 6.07) is 5.07. The standard InChI is InChI=1S/C14H14F3N3O/c1-8-6-20(7-10(8)13(19)21)12-4-9(5-18)2-3-11(12)14(15,16)17/h2-4,8,10H,6-7H2,1H3,(H2,19,21)/t8-,10-/m1/s1. The van der Waals surface area contributed by atoms with Crippen molar-refractivity contribution in [3.05, 3.63) is 29.3 Å². The summed E-state index contributed by atoms with van der Waals surface area (Å²) in [6.45, 7) is 2.21. The van der Waals surface area contributed by atoms with Crippen LogP contribution in [0.5, 0.6) is 0 Å². The second kappa shape index (κ2) is 5.28. The number of hydrogen-bond acceptors (Lipinski definition) is 3. The first-order valence-corrected chi connectivity index (χ1v) is 6.39. The number of carbonyl (C=O) groups is 1. The van der Waals surface area contributed by atoms with E-state index in [0.29, 0.717) is 6.54 Å². The van der Waals surface area contributed by atoms with E-state index in [4.69, 9.17) is 11.0 Å². The Hall–Kier alpha value is -2.23. The molecule has 2 rings (SSSR count). The van der Waals surface area contributed by atoms with Crippen LogP contribution in [0.1, 0.15) is 18.1 Å². The zero-order valence-electron chi connectivity index (χ0n) is 11.3. The summed E-state index contributed by atoms with van der Waals surface area (Å²) in [5, 5.41) is 8.87. The molecule has 0 spiro atoms. The van der Waals surface area contributed by atoms with Gasteiger partial charge in [0.1, 0.15) is 0 Å². The van der Waals surface area contributed by atoms with E-state index in [-0.39, 0.29) is 23.7 Å². The largest absolute Gasteiger partial charge is 0.418 e. The molecule has 1 aliphatic rings. The van der Waals surface area contributed by atoms with E-state index in [2.05, 4.69) is 0 Å². The van der Waals surface area contributed by atoms with E-state index in [1.54, 1.807) is 6.92 Å². The van der Waals surface area contributed by atoms with Gasteiger partial charge in [-0.1, -0.05) is 6.92 Å². The lowest BCUT2D eigenvalue weighted by atomic mass is 9.98. The Balaban J connectivity index is 2.44. The molecule has 1 aromatic rings. The van der Waals surface area contributed by atoms with Crippen molar-refractivity contribution in [1.82, 2.24) is 0 Å². The first kappa shape index (κ1) is 15.2. The fourth-order valence-corrected chi connectivity index (χ4v) is 2.64. The molecule has 2 atom stereocenters. The van der Waals surface area contributed by atoms with Crippen LogP contribution < -0.4 is 10.6 Å². The Kier molecular flexibility index (Phi) is 3.81. The van der Waals surface area contributed by atoms with E-state index in [9.17, 15) is 18.0 Å². The SMILES string of the molecule is C[C@@H]1CN(c2cc(C#N)ccc2C(F)(F)F)C[C@H]1C(N)=O. The molecule has 0 aromatic heterocycles. The molecular formula is C14H14F3N3O. The molecule has 1 heterocycles. The number of benzene rings is 1. The van der Waals surface area contributed by atoms with Gasteiger partial charge in [0.05, 0.1) is 28.8 Å². The molecule has 1 aliphatic heterocycles. The van der Waals surface area contributed by atoms with Crippen LogP contribution in [0.15, 0.2) is 18.2 Å². The van der Waals surface area contributed by atoms with E-state index in [1.807, 2.05) is 6.07 Å². The van der Waals surface area contributed by atoms with Gasteiger partial charge in [-0.15, -0.1) is 0 Å². The van der Waals surface area contributed by atoms with E-state index >= 15 is 0 Å². The molecule has 0 radical (unpaired) electrons. The highest BCUT2D eigenvalue weighted by atomic mass is 19.4. The second-order valence-corrected chi connectivity index (χ2v) is 5.23. The molecule has 1 amide bonds. The third-order valence-electron chi connectivity index (χ3n) is 3.75. The van der Waals surface area contributed by atoms with Gasteiger partial charge in [0.2, 0.25) is 5.91 Å². The number of rotatable bonds is 2. The highest BCUT2D eigenvalue weighted by Crippen LogP contribution is 2.39. The number of nitriles is 1. The van der Waals surface area contributed by atoms with Crippen LogP contribution in [-0.4, -0.2) is 19.0 Å². The molecule has 1 fully saturated rings. The number of hydrogen-bond donors (Lipinski definition) is 1. The van der Waals surface area contributed by atoms with Crippen molar-refractivity contribution < 1.29 is 18.0 Å². The Morgan fingerprint density at radius 3 is 2.57 bits per heavy atom. The number of nitrogens with two attached hydrogens (primary N) is 1. The van der Waals surface area contributed by atoms with E-state index < -0.39 is 23.6 Å². The zero-order valence-corrected chi connectivity index (χ0v) is 11.3. The maximum atomic E-state index is 13.1. The molecule has 0 saturated carbocycles. The van der Waals surface area contributed by atoms with Gasteiger partial charge in [0.15, 0.2) is 0 Å². The zero-order chi connectivity index (χ0) is 15.8. The molecule has 7 heteroatoms. The molecule has 4 nitrogen and oxygen atoms in total. The van der Waals surface area contributed by atoms with Gasteiger partial charge in [0.25, 0.3) is 0 Å². The lowest BCUT2D eigenvalue weighted by Crippen LogP contribution is -2.29. The van der Waals surface area contributed by atoms with Gasteiger partial charge in [-0.2, -0.15) is 18.4 Å². The van der Waals surface area contributed by atoms with Crippen LogP contribution in [0.3, 0.4) is 0 Å². The average Bonchev–Trinajstić information content (AvgIpc) is 2.79. The summed E-state index contributed by atoms with van der Waals surface area (Å²) in [4.78, 5) is 12.8. The summed E-state index contributed by atoms with van der Waals surface area (Å²) in [5.74, 6) is -1.14. The van der Waals surface area contributed by atoms with Crippen molar-refractivity contribution in [3.8, 4) is 6.07 Å². The van der Waals surface area contributed by atoms with Crippen molar-refractivity contribution in [2.45, 2.75) is 13.1 Å². The minimum atomic E-state index is -4.52. The van der Waals surface area contributed by atoms with Crippen LogP contribution in [0.4, 0.5) is 18.9 Å². The summed E-state index contributed by atoms with van der Waals surface area (Å²) in [5.41, 5.74) is 4.54. The fraction of sp³-hybridized carbons (Fsp3) is 0.429. The van der Waals surface area contributed by atoms with Crippen molar-refractivity contribution in [1.29, 1.82) is 5.26 Å². The van der Waals surface area contributed by atoms with Crippen molar-refractivity contribution >= 4 is 11.6 Å². The number of primary amides is 1. The molecular weight excluding hydrogens is 283 g/mol. The minimum Gasteiger partial charge on any atom is -0.370 e. The molecule has 1 aromatic carbocycles. The minimum absolute atomic E-state index is 0.0721. The van der Waals surface area contributed by atoms with Gasteiger partial charge in [-0.25, -0.2) is 0 Å². The highest BCUT2D eigenvalue weighted by Gasteiger charge is 2.39. The summed E-state index contributed by atoms with van der Waals surface area (Å²) in [7, 11) is 0. The molecule has 2 N–H and O–H groups in total. The molecule has 21 heavy (non-hydrogen) atoms. The van der Waals surface area contributed by atoms with E-state index in [0.717, 1.165) is 12.1 Å². The van der Waals surface area contributed by atoms with Gasteiger partial charge >= 0.3 is 6.18 Å². The van der Waals surface area contributed by atoms with Crippen molar-refractivity contribution in [2.75, 3.05) is 18.0 Å². The third kappa shape index (κ3) is 2.94. The van der Waals surface area contributed by atoms with Crippen molar-refractivity contribution in [2.24, 2.45) is 17.6 Å². The number of alkyl halides is 3. The van der Waals surface area contributed by atoms with Crippen LogP contribution in [0.25, 0.3) is 0 Å². The van der Waals surface area contributed by atoms with Crippen LogP contribution >= 0.6 is 0 Å². The lowest BCUT2D eigenvalue weighted by molar-refractivity contribution is -0.137. The quantitative estimate of drug-likeness (QED) is 0.909. The Labute approximate surface area is 119 Å². The second-order valence-electron chi connectivity index (χ2n) is 5.23. The Morgan fingerprint density at radius 2 is 2.10 bits per heavy atom. The summed E-state index contributed by atoms with van der Waals surface area (Å²) >= 11 is 0. The fourth-order valence-electron chi connectivity index (χ4n) is 2.64. The van der Waals surface area contributed by atoms with Crippen molar-refractivity contribution in [3.63, 3.8) is 0 Å². The lowest BCUT2D eigenvalue weighted by Gasteiger charge is -2.23. The number of carbonyl (C=O) groups excluding carboxylic acids is 1. The van der Waals surface area contributed by atoms with Gasteiger partial charge in [-0.3, -0.25) is 4.79 Å². The number of anilines is 1. The third-order valence-corrected chi connectivity index (χ3v) is 3.75. The summed E-state index contributed by atoms with van der Waals surface area (Å²) < 4.78 is 39.3. The number of amides is 1. The first-order valence-electron chi connectivity index (χ1n) is 6.39. The molecule has 112 valence electrons. The molecule has 0 aliphatic carbocycles. The predicted octanol–water partition coefficient (Wildman–Crippen LogP) is 2.13. The van der Waals surface area contributed by atoms with Crippen LogP contribution in [-0.2, 0) is 11.0 Å². The van der Waals surface area contributed by atoms with Gasteiger partial charge < -0.3 is 10.6 Å². The van der Waals surface area contributed by atoms with Gasteiger partial charge in [-0.05, 0) is 24.1 Å². The molecule has 0 bridgehead atoms.